The van der Waals surface area contributed by atoms with Gasteiger partial charge >= 0.3 is 5.97 Å². The van der Waals surface area contributed by atoms with Crippen molar-refractivity contribution in [3.05, 3.63) is 24.3 Å². The Bertz CT molecular complexity index is 677. The van der Waals surface area contributed by atoms with Gasteiger partial charge in [0.05, 0.1) is 26.8 Å². The van der Waals surface area contributed by atoms with Crippen LogP contribution in [0, 0.1) is 0 Å². The van der Waals surface area contributed by atoms with Crippen LogP contribution in [-0.2, 0) is 19.1 Å². The smallest absolute Gasteiger partial charge is 0.328 e. The van der Waals surface area contributed by atoms with Crippen LogP contribution in [0.1, 0.15) is 26.2 Å². The molecule has 2 amide bonds. The van der Waals surface area contributed by atoms with E-state index in [2.05, 4.69) is 5.32 Å². The van der Waals surface area contributed by atoms with Crippen molar-refractivity contribution in [2.45, 2.75) is 32.2 Å². The van der Waals surface area contributed by atoms with Gasteiger partial charge in [0.25, 0.3) is 0 Å². The Morgan fingerprint density at radius 3 is 2.54 bits per heavy atom. The molecule has 0 aromatic heterocycles. The van der Waals surface area contributed by atoms with E-state index in [0.29, 0.717) is 31.0 Å². The van der Waals surface area contributed by atoms with Gasteiger partial charge < -0.3 is 19.7 Å². The summed E-state index contributed by atoms with van der Waals surface area (Å²) in [6.07, 6.45) is 2.38. The van der Waals surface area contributed by atoms with Crippen molar-refractivity contribution >= 4 is 23.5 Å². The monoisotopic (exact) mass is 391 g/mol. The molecular formula is C20H29N3O5. The van der Waals surface area contributed by atoms with Crippen LogP contribution in [0.4, 0.5) is 5.69 Å². The maximum Gasteiger partial charge on any atom is 0.328 e. The zero-order chi connectivity index (χ0) is 20.5. The normalized spacial score (nSPS) is 16.6. The highest BCUT2D eigenvalue weighted by atomic mass is 16.5. The molecule has 1 atom stereocenters. The van der Waals surface area contributed by atoms with Crippen molar-refractivity contribution in [2.24, 2.45) is 0 Å². The number of nitrogens with zero attached hydrogens (tertiary/aromatic N) is 2. The molecule has 8 heteroatoms. The van der Waals surface area contributed by atoms with Crippen LogP contribution >= 0.6 is 0 Å². The highest BCUT2D eigenvalue weighted by Crippen LogP contribution is 2.19. The summed E-state index contributed by atoms with van der Waals surface area (Å²) in [6, 6.07) is 6.49. The number of ether oxygens (including phenoxy) is 2. The molecule has 1 aromatic carbocycles. The first-order chi connectivity index (χ1) is 13.4. The maximum atomic E-state index is 12.7. The summed E-state index contributed by atoms with van der Waals surface area (Å²) < 4.78 is 10.2. The maximum absolute atomic E-state index is 12.7. The topological polar surface area (TPSA) is 88.2 Å². The number of amides is 2. The largest absolute Gasteiger partial charge is 0.497 e. The van der Waals surface area contributed by atoms with Gasteiger partial charge in [0.2, 0.25) is 11.8 Å². The van der Waals surface area contributed by atoms with E-state index in [0.717, 1.165) is 12.8 Å². The molecule has 1 N–H and O–H groups in total. The SMILES string of the molecule is CCOC(=O)[C@H]1CCCCN1C(=O)CN(C)CC(=O)Nc1ccc(OC)cc1. The lowest BCUT2D eigenvalue weighted by Gasteiger charge is -2.35. The Balaban J connectivity index is 1.86. The molecule has 1 saturated heterocycles. The van der Waals surface area contributed by atoms with Crippen molar-refractivity contribution < 1.29 is 23.9 Å². The summed E-state index contributed by atoms with van der Waals surface area (Å²) in [5.74, 6) is -0.0348. The summed E-state index contributed by atoms with van der Waals surface area (Å²) in [4.78, 5) is 40.2. The van der Waals surface area contributed by atoms with Crippen LogP contribution in [0.2, 0.25) is 0 Å². The van der Waals surface area contributed by atoms with Crippen molar-refractivity contribution in [3.63, 3.8) is 0 Å². The van der Waals surface area contributed by atoms with Crippen LogP contribution in [0.15, 0.2) is 24.3 Å². The number of carbonyl (C=O) groups is 3. The van der Waals surface area contributed by atoms with E-state index in [9.17, 15) is 14.4 Å². The fraction of sp³-hybridized carbons (Fsp3) is 0.550. The average Bonchev–Trinajstić information content (AvgIpc) is 2.68. The number of anilines is 1. The Kier molecular flexibility index (Phi) is 8.25. The summed E-state index contributed by atoms with van der Waals surface area (Å²) in [7, 11) is 3.28. The fourth-order valence-corrected chi connectivity index (χ4v) is 3.21. The number of hydrogen-bond donors (Lipinski definition) is 1. The third-order valence-corrected chi connectivity index (χ3v) is 4.57. The number of methoxy groups -OCH3 is 1. The molecule has 0 spiro atoms. The zero-order valence-corrected chi connectivity index (χ0v) is 16.8. The molecule has 154 valence electrons. The van der Waals surface area contributed by atoms with Crippen LogP contribution in [-0.4, -0.2) is 74.0 Å². The minimum atomic E-state index is -0.525. The van der Waals surface area contributed by atoms with Crippen LogP contribution in [0.5, 0.6) is 5.75 Å². The zero-order valence-electron chi connectivity index (χ0n) is 16.8. The third-order valence-electron chi connectivity index (χ3n) is 4.57. The molecular weight excluding hydrogens is 362 g/mol. The Morgan fingerprint density at radius 2 is 1.89 bits per heavy atom. The second kappa shape index (κ2) is 10.7. The number of likely N-dealkylation sites (tertiary alicyclic amines) is 1. The minimum Gasteiger partial charge on any atom is -0.497 e. The molecule has 0 saturated carbocycles. The van der Waals surface area contributed by atoms with Gasteiger partial charge in [0.15, 0.2) is 0 Å². The lowest BCUT2D eigenvalue weighted by Crippen LogP contribution is -2.51. The molecule has 1 aromatic rings. The second-order valence-electron chi connectivity index (χ2n) is 6.80. The number of benzene rings is 1. The van der Waals surface area contributed by atoms with Gasteiger partial charge in [0.1, 0.15) is 11.8 Å². The van der Waals surface area contributed by atoms with Crippen molar-refractivity contribution in [1.29, 1.82) is 0 Å². The highest BCUT2D eigenvalue weighted by Gasteiger charge is 2.33. The van der Waals surface area contributed by atoms with Crippen molar-refractivity contribution in [3.8, 4) is 5.75 Å². The average molecular weight is 391 g/mol. The molecule has 1 aliphatic heterocycles. The molecule has 1 heterocycles. The number of likely N-dealkylation sites (N-methyl/N-ethyl adjacent to an activating group) is 1. The van der Waals surface area contributed by atoms with Gasteiger partial charge in [-0.05, 0) is 57.5 Å². The first kappa shape index (κ1) is 21.7. The predicted molar refractivity (Wildman–Crippen MR) is 105 cm³/mol. The third kappa shape index (κ3) is 6.23. The molecule has 1 fully saturated rings. The Hall–Kier alpha value is -2.61. The fourth-order valence-electron chi connectivity index (χ4n) is 3.21. The first-order valence-corrected chi connectivity index (χ1v) is 9.53. The van der Waals surface area contributed by atoms with Gasteiger partial charge in [-0.15, -0.1) is 0 Å². The van der Waals surface area contributed by atoms with Gasteiger partial charge in [-0.1, -0.05) is 0 Å². The molecule has 0 radical (unpaired) electrons. The van der Waals surface area contributed by atoms with Gasteiger partial charge in [-0.3, -0.25) is 14.5 Å². The lowest BCUT2D eigenvalue weighted by molar-refractivity contribution is -0.157. The highest BCUT2D eigenvalue weighted by molar-refractivity contribution is 5.93. The number of rotatable bonds is 8. The van der Waals surface area contributed by atoms with E-state index >= 15 is 0 Å². The number of esters is 1. The van der Waals surface area contributed by atoms with E-state index in [1.807, 2.05) is 0 Å². The van der Waals surface area contributed by atoms with Crippen LogP contribution in [0.25, 0.3) is 0 Å². The predicted octanol–water partition coefficient (Wildman–Crippen LogP) is 1.51. The van der Waals surface area contributed by atoms with E-state index < -0.39 is 6.04 Å². The van der Waals surface area contributed by atoms with E-state index in [1.165, 1.54) is 0 Å². The van der Waals surface area contributed by atoms with Crippen LogP contribution in [0.3, 0.4) is 0 Å². The molecule has 0 bridgehead atoms. The number of nitrogens with one attached hydrogen (secondary N) is 1. The molecule has 28 heavy (non-hydrogen) atoms. The van der Waals surface area contributed by atoms with E-state index in [-0.39, 0.29) is 30.9 Å². The van der Waals surface area contributed by atoms with Crippen LogP contribution < -0.4 is 10.1 Å². The van der Waals surface area contributed by atoms with E-state index in [4.69, 9.17) is 9.47 Å². The van der Waals surface area contributed by atoms with Gasteiger partial charge in [0, 0.05) is 12.2 Å². The van der Waals surface area contributed by atoms with Gasteiger partial charge in [-0.2, -0.15) is 0 Å². The second-order valence-corrected chi connectivity index (χ2v) is 6.80. The molecule has 8 nitrogen and oxygen atoms in total. The first-order valence-electron chi connectivity index (χ1n) is 9.53. The molecule has 0 aliphatic carbocycles. The minimum absolute atomic E-state index is 0.0614. The quantitative estimate of drug-likeness (QED) is 0.676. The Labute approximate surface area is 165 Å². The molecule has 1 aliphatic rings. The lowest BCUT2D eigenvalue weighted by atomic mass is 10.0. The summed E-state index contributed by atoms with van der Waals surface area (Å²) in [6.45, 7) is 2.71. The number of carbonyl (C=O) groups excluding carboxylic acids is 3. The standard InChI is InChI=1S/C20H29N3O5/c1-4-28-20(26)17-7-5-6-12-23(17)19(25)14-22(2)13-18(24)21-15-8-10-16(27-3)11-9-15/h8-11,17H,4-7,12-14H2,1-3H3,(H,21,24)/t17-/m1/s1. The molecule has 0 unspecified atom stereocenters. The molecule has 2 rings (SSSR count). The number of hydrogen-bond acceptors (Lipinski definition) is 6. The summed E-state index contributed by atoms with van der Waals surface area (Å²) >= 11 is 0. The Morgan fingerprint density at radius 1 is 1.18 bits per heavy atom. The van der Waals surface area contributed by atoms with E-state index in [1.54, 1.807) is 55.1 Å². The van der Waals surface area contributed by atoms with Gasteiger partial charge in [-0.25, -0.2) is 4.79 Å². The van der Waals surface area contributed by atoms with Crippen molar-refractivity contribution in [1.82, 2.24) is 9.80 Å². The van der Waals surface area contributed by atoms with Crippen molar-refractivity contribution in [2.75, 3.05) is 45.7 Å². The number of piperidine rings is 1. The summed E-state index contributed by atoms with van der Waals surface area (Å²) in [5, 5.41) is 2.79. The summed E-state index contributed by atoms with van der Waals surface area (Å²) in [5.41, 5.74) is 0.656.